The van der Waals surface area contributed by atoms with E-state index in [1.807, 2.05) is 0 Å². The first-order valence-corrected chi connectivity index (χ1v) is 9.51. The predicted octanol–water partition coefficient (Wildman–Crippen LogP) is 6.69. The number of aromatic nitrogens is 1. The first-order valence-electron chi connectivity index (χ1n) is 9.51. The van der Waals surface area contributed by atoms with Crippen LogP contribution in [0.25, 0.3) is 10.9 Å². The van der Waals surface area contributed by atoms with E-state index in [1.54, 1.807) is 5.56 Å². The van der Waals surface area contributed by atoms with Crippen molar-refractivity contribution in [2.45, 2.75) is 65.8 Å². The Labute approximate surface area is 147 Å². The quantitative estimate of drug-likeness (QED) is 0.500. The van der Waals surface area contributed by atoms with Crippen molar-refractivity contribution in [1.82, 2.24) is 4.57 Å². The van der Waals surface area contributed by atoms with Crippen LogP contribution >= 0.6 is 0 Å². The maximum atomic E-state index is 3.96. The van der Waals surface area contributed by atoms with Crippen LogP contribution < -0.4 is 0 Å². The zero-order valence-corrected chi connectivity index (χ0v) is 15.7. The zero-order chi connectivity index (χ0) is 17.3. The number of fused-ring (bicyclic) bond motifs is 1. The molecule has 2 unspecified atom stereocenters. The summed E-state index contributed by atoms with van der Waals surface area (Å²) in [6.07, 6.45) is 7.02. The largest absolute Gasteiger partial charge is 0.347 e. The molecule has 2 aromatic rings. The van der Waals surface area contributed by atoms with E-state index < -0.39 is 0 Å². The lowest BCUT2D eigenvalue weighted by Gasteiger charge is -2.27. The van der Waals surface area contributed by atoms with Gasteiger partial charge in [-0.05, 0) is 59.8 Å². The highest BCUT2D eigenvalue weighted by molar-refractivity contribution is 5.84. The molecule has 0 aliphatic heterocycles. The fourth-order valence-electron chi connectivity index (χ4n) is 4.45. The van der Waals surface area contributed by atoms with Gasteiger partial charge in [0, 0.05) is 23.6 Å². The lowest BCUT2D eigenvalue weighted by molar-refractivity contribution is 0.361. The van der Waals surface area contributed by atoms with Crippen molar-refractivity contribution in [2.24, 2.45) is 11.3 Å². The van der Waals surface area contributed by atoms with Gasteiger partial charge in [-0.15, -0.1) is 5.73 Å². The predicted molar refractivity (Wildman–Crippen MR) is 104 cm³/mol. The van der Waals surface area contributed by atoms with Gasteiger partial charge in [-0.25, -0.2) is 0 Å². The highest BCUT2D eigenvalue weighted by Gasteiger charge is 2.49. The van der Waals surface area contributed by atoms with Crippen molar-refractivity contribution < 1.29 is 0 Å². The molecule has 1 saturated carbocycles. The van der Waals surface area contributed by atoms with Gasteiger partial charge in [-0.3, -0.25) is 0 Å². The van der Waals surface area contributed by atoms with E-state index in [1.165, 1.54) is 35.7 Å². The Morgan fingerprint density at radius 2 is 2.04 bits per heavy atom. The molecule has 0 spiro atoms. The van der Waals surface area contributed by atoms with Crippen molar-refractivity contribution in [3.05, 3.63) is 53.9 Å². The highest BCUT2D eigenvalue weighted by atomic mass is 14.9. The van der Waals surface area contributed by atoms with Crippen LogP contribution in [0.15, 0.2) is 48.3 Å². The molecule has 0 bridgehead atoms. The second-order valence-electron chi connectivity index (χ2n) is 7.86. The molecule has 1 nitrogen and oxygen atoms in total. The number of allylic oxidation sites excluding steroid dienone is 1. The molecular weight excluding hydrogens is 290 g/mol. The van der Waals surface area contributed by atoms with E-state index in [9.17, 15) is 0 Å². The van der Waals surface area contributed by atoms with E-state index in [-0.39, 0.29) is 5.41 Å². The fourth-order valence-corrected chi connectivity index (χ4v) is 4.45. The first kappa shape index (κ1) is 17.1. The van der Waals surface area contributed by atoms with Crippen LogP contribution in [0.5, 0.6) is 0 Å². The number of hydrogen-bond donors (Lipinski definition) is 0. The first-order chi connectivity index (χ1) is 11.5. The average molecular weight is 322 g/mol. The van der Waals surface area contributed by atoms with Crippen molar-refractivity contribution in [3.8, 4) is 0 Å². The van der Waals surface area contributed by atoms with Crippen LogP contribution in [0.4, 0.5) is 0 Å². The Hall–Kier alpha value is -1.72. The SMILES string of the molecule is C=C=C(CCC)C(C)(C)C1CC1c1cccc2c1ccn2CCC. The Morgan fingerprint density at radius 1 is 1.25 bits per heavy atom. The van der Waals surface area contributed by atoms with E-state index in [4.69, 9.17) is 0 Å². The molecule has 128 valence electrons. The average Bonchev–Trinajstić information content (AvgIpc) is 3.28. The molecule has 0 amide bonds. The Morgan fingerprint density at radius 3 is 2.71 bits per heavy atom. The molecule has 0 saturated heterocycles. The second-order valence-corrected chi connectivity index (χ2v) is 7.86. The molecular formula is C23H31N. The minimum absolute atomic E-state index is 0.205. The maximum absolute atomic E-state index is 3.96. The van der Waals surface area contributed by atoms with Crippen LogP contribution in [-0.2, 0) is 6.54 Å². The number of nitrogens with zero attached hydrogens (tertiary/aromatic N) is 1. The molecule has 1 fully saturated rings. The highest BCUT2D eigenvalue weighted by Crippen LogP contribution is 2.60. The van der Waals surface area contributed by atoms with Gasteiger partial charge < -0.3 is 4.57 Å². The van der Waals surface area contributed by atoms with Crippen LogP contribution in [-0.4, -0.2) is 4.57 Å². The molecule has 1 aromatic heterocycles. The molecule has 1 heterocycles. The molecule has 1 aliphatic carbocycles. The lowest BCUT2D eigenvalue weighted by Crippen LogP contribution is -2.18. The summed E-state index contributed by atoms with van der Waals surface area (Å²) in [6.45, 7) is 14.3. The van der Waals surface area contributed by atoms with Crippen LogP contribution in [0, 0.1) is 11.3 Å². The van der Waals surface area contributed by atoms with Crippen LogP contribution in [0.1, 0.15) is 64.9 Å². The maximum Gasteiger partial charge on any atom is 0.0483 e. The molecule has 0 N–H and O–H groups in total. The van der Waals surface area contributed by atoms with Crippen molar-refractivity contribution in [1.29, 1.82) is 0 Å². The van der Waals surface area contributed by atoms with E-state index in [0.29, 0.717) is 11.8 Å². The third kappa shape index (κ3) is 2.87. The van der Waals surface area contributed by atoms with Gasteiger partial charge in [0.15, 0.2) is 0 Å². The minimum atomic E-state index is 0.205. The standard InChI is InChI=1S/C23H31N/c1-6-10-17(8-3)23(4,5)21-16-20(21)18-11-9-12-22-19(18)13-15-24(22)14-7-2/h9,11-13,15,20-21H,3,6-7,10,14,16H2,1-2,4-5H3. The molecule has 2 atom stereocenters. The van der Waals surface area contributed by atoms with E-state index in [2.05, 4.69) is 75.0 Å². The third-order valence-corrected chi connectivity index (χ3v) is 5.92. The van der Waals surface area contributed by atoms with Gasteiger partial charge in [0.1, 0.15) is 0 Å². The number of benzene rings is 1. The number of hydrogen-bond acceptors (Lipinski definition) is 0. The molecule has 1 aromatic carbocycles. The molecule has 1 heteroatoms. The molecule has 24 heavy (non-hydrogen) atoms. The fraction of sp³-hybridized carbons (Fsp3) is 0.522. The Kier molecular flexibility index (Phi) is 4.74. The van der Waals surface area contributed by atoms with Gasteiger partial charge in [-0.1, -0.05) is 52.8 Å². The van der Waals surface area contributed by atoms with Gasteiger partial charge >= 0.3 is 0 Å². The van der Waals surface area contributed by atoms with Gasteiger partial charge in [0.2, 0.25) is 0 Å². The summed E-state index contributed by atoms with van der Waals surface area (Å²) in [7, 11) is 0. The summed E-state index contributed by atoms with van der Waals surface area (Å²) in [5, 5.41) is 1.45. The third-order valence-electron chi connectivity index (χ3n) is 5.92. The van der Waals surface area contributed by atoms with E-state index >= 15 is 0 Å². The normalized spacial score (nSPS) is 20.2. The van der Waals surface area contributed by atoms with E-state index in [0.717, 1.165) is 13.0 Å². The topological polar surface area (TPSA) is 4.93 Å². The van der Waals surface area contributed by atoms with Crippen molar-refractivity contribution in [2.75, 3.05) is 0 Å². The van der Waals surface area contributed by atoms with Gasteiger partial charge in [0.25, 0.3) is 0 Å². The molecule has 3 rings (SSSR count). The summed E-state index contributed by atoms with van der Waals surface area (Å²) in [6, 6.07) is 9.17. The monoisotopic (exact) mass is 321 g/mol. The summed E-state index contributed by atoms with van der Waals surface area (Å²) in [4.78, 5) is 0. The van der Waals surface area contributed by atoms with Crippen molar-refractivity contribution >= 4 is 10.9 Å². The number of rotatable bonds is 7. The lowest BCUT2D eigenvalue weighted by atomic mass is 9.76. The van der Waals surface area contributed by atoms with Gasteiger partial charge in [0.05, 0.1) is 0 Å². The summed E-state index contributed by atoms with van der Waals surface area (Å²) < 4.78 is 2.40. The Balaban J connectivity index is 1.90. The van der Waals surface area contributed by atoms with Crippen molar-refractivity contribution in [3.63, 3.8) is 0 Å². The smallest absolute Gasteiger partial charge is 0.0483 e. The summed E-state index contributed by atoms with van der Waals surface area (Å²) in [5.74, 6) is 1.40. The minimum Gasteiger partial charge on any atom is -0.347 e. The van der Waals surface area contributed by atoms with Gasteiger partial charge in [-0.2, -0.15) is 0 Å². The van der Waals surface area contributed by atoms with Crippen LogP contribution in [0.2, 0.25) is 0 Å². The Bertz CT molecular complexity index is 770. The number of aryl methyl sites for hydroxylation is 1. The van der Waals surface area contributed by atoms with Crippen LogP contribution in [0.3, 0.4) is 0 Å². The second kappa shape index (κ2) is 6.65. The molecule has 0 radical (unpaired) electrons. The zero-order valence-electron chi connectivity index (χ0n) is 15.7. The molecule has 1 aliphatic rings. The summed E-state index contributed by atoms with van der Waals surface area (Å²) in [5.41, 5.74) is 7.81. The summed E-state index contributed by atoms with van der Waals surface area (Å²) >= 11 is 0.